The van der Waals surface area contributed by atoms with Gasteiger partial charge in [0.1, 0.15) is 22.8 Å². The van der Waals surface area contributed by atoms with Gasteiger partial charge in [0.25, 0.3) is 5.91 Å². The molecule has 2 aromatic carbocycles. The Hall–Kier alpha value is -2.73. The third-order valence-electron chi connectivity index (χ3n) is 6.05. The Morgan fingerprint density at radius 1 is 1.14 bits per heavy atom. The maximum atomic E-state index is 13.2. The number of benzene rings is 2. The molecule has 154 valence electrons. The highest BCUT2D eigenvalue weighted by molar-refractivity contribution is 5.97. The quantitative estimate of drug-likeness (QED) is 0.858. The van der Waals surface area contributed by atoms with Gasteiger partial charge < -0.3 is 24.4 Å². The maximum absolute atomic E-state index is 13.2. The van der Waals surface area contributed by atoms with Crippen LogP contribution in [0.2, 0.25) is 0 Å². The molecule has 4 rings (SSSR count). The van der Waals surface area contributed by atoms with Gasteiger partial charge in [-0.2, -0.15) is 0 Å². The minimum Gasteiger partial charge on any atom is -0.497 e. The van der Waals surface area contributed by atoms with Crippen molar-refractivity contribution < 1.29 is 19.0 Å². The first-order valence-electron chi connectivity index (χ1n) is 10.0. The third-order valence-corrected chi connectivity index (χ3v) is 6.05. The van der Waals surface area contributed by atoms with E-state index in [1.807, 2.05) is 24.3 Å². The first-order chi connectivity index (χ1) is 14.0. The molecule has 0 aliphatic carbocycles. The van der Waals surface area contributed by atoms with E-state index in [-0.39, 0.29) is 17.6 Å². The van der Waals surface area contributed by atoms with Crippen molar-refractivity contribution in [2.24, 2.45) is 0 Å². The van der Waals surface area contributed by atoms with E-state index in [1.54, 1.807) is 32.4 Å². The average Bonchev–Trinajstić information content (AvgIpc) is 2.75. The summed E-state index contributed by atoms with van der Waals surface area (Å²) in [5.74, 6) is 1.84. The van der Waals surface area contributed by atoms with Crippen LogP contribution < -0.4 is 19.5 Å². The topological polar surface area (TPSA) is 60.0 Å². The highest BCUT2D eigenvalue weighted by Gasteiger charge is 2.43. The van der Waals surface area contributed by atoms with Crippen LogP contribution in [-0.4, -0.2) is 50.8 Å². The number of fused-ring (bicyclic) bond motifs is 1. The summed E-state index contributed by atoms with van der Waals surface area (Å²) in [6.07, 6.45) is 2.66. The molecule has 0 unspecified atom stereocenters. The SMILES string of the molecule is COc1ccc(OC)c(C(=O)N[C@@H]2CC3(CCN(C)CC3)Oc3ccccc32)c1. The van der Waals surface area contributed by atoms with Crippen LogP contribution >= 0.6 is 0 Å². The molecule has 6 heteroatoms. The maximum Gasteiger partial charge on any atom is 0.255 e. The lowest BCUT2D eigenvalue weighted by atomic mass is 9.80. The fraction of sp³-hybridized carbons (Fsp3) is 0.435. The second kappa shape index (κ2) is 7.95. The van der Waals surface area contributed by atoms with Crippen molar-refractivity contribution >= 4 is 5.91 Å². The van der Waals surface area contributed by atoms with E-state index in [9.17, 15) is 4.79 Å². The summed E-state index contributed by atoms with van der Waals surface area (Å²) >= 11 is 0. The number of nitrogens with one attached hydrogen (secondary N) is 1. The molecule has 2 aliphatic rings. The van der Waals surface area contributed by atoms with Crippen LogP contribution in [0.1, 0.15) is 41.2 Å². The molecule has 2 aromatic rings. The molecular weight excluding hydrogens is 368 g/mol. The minimum atomic E-state index is -0.239. The van der Waals surface area contributed by atoms with E-state index in [2.05, 4.69) is 17.3 Å². The highest BCUT2D eigenvalue weighted by atomic mass is 16.5. The van der Waals surface area contributed by atoms with Gasteiger partial charge in [0.15, 0.2) is 0 Å². The molecule has 2 heterocycles. The summed E-state index contributed by atoms with van der Waals surface area (Å²) in [5, 5.41) is 3.23. The number of ether oxygens (including phenoxy) is 3. The number of hydrogen-bond acceptors (Lipinski definition) is 5. The largest absolute Gasteiger partial charge is 0.497 e. The smallest absolute Gasteiger partial charge is 0.255 e. The van der Waals surface area contributed by atoms with Gasteiger partial charge in [-0.05, 0) is 44.2 Å². The molecule has 1 saturated heterocycles. The van der Waals surface area contributed by atoms with Crippen LogP contribution in [0, 0.1) is 0 Å². The number of para-hydroxylation sites is 1. The van der Waals surface area contributed by atoms with Crippen molar-refractivity contribution in [1.29, 1.82) is 0 Å². The summed E-state index contributed by atoms with van der Waals surface area (Å²) in [7, 11) is 5.29. The average molecular weight is 396 g/mol. The van der Waals surface area contributed by atoms with E-state index in [4.69, 9.17) is 14.2 Å². The molecule has 2 aliphatic heterocycles. The van der Waals surface area contributed by atoms with Gasteiger partial charge in [-0.1, -0.05) is 18.2 Å². The predicted molar refractivity (Wildman–Crippen MR) is 111 cm³/mol. The van der Waals surface area contributed by atoms with Crippen LogP contribution in [-0.2, 0) is 0 Å². The lowest BCUT2D eigenvalue weighted by Gasteiger charge is -2.46. The molecule has 29 heavy (non-hydrogen) atoms. The summed E-state index contributed by atoms with van der Waals surface area (Å²) in [4.78, 5) is 15.5. The van der Waals surface area contributed by atoms with E-state index in [0.717, 1.165) is 43.7 Å². The molecule has 0 bridgehead atoms. The summed E-state index contributed by atoms with van der Waals surface area (Å²) in [5.41, 5.74) is 1.25. The van der Waals surface area contributed by atoms with Crippen molar-refractivity contribution in [2.75, 3.05) is 34.4 Å². The lowest BCUT2D eigenvalue weighted by Crippen LogP contribution is -2.51. The van der Waals surface area contributed by atoms with E-state index < -0.39 is 0 Å². The van der Waals surface area contributed by atoms with Crippen LogP contribution in [0.4, 0.5) is 0 Å². The first kappa shape index (κ1) is 19.6. The van der Waals surface area contributed by atoms with Crippen molar-refractivity contribution in [3.63, 3.8) is 0 Å². The fourth-order valence-corrected chi connectivity index (χ4v) is 4.31. The predicted octanol–water partition coefficient (Wildman–Crippen LogP) is 3.42. The van der Waals surface area contributed by atoms with Gasteiger partial charge in [0, 0.05) is 25.1 Å². The standard InChI is InChI=1S/C23H28N2O4/c1-25-12-10-23(11-13-25)15-19(17-6-4-5-7-21(17)29-23)24-22(26)18-14-16(27-2)8-9-20(18)28-3/h4-9,14,19H,10-13,15H2,1-3H3,(H,24,26)/t19-/m1/s1. The zero-order valence-electron chi connectivity index (χ0n) is 17.2. The first-order valence-corrected chi connectivity index (χ1v) is 10.0. The second-order valence-electron chi connectivity index (χ2n) is 7.92. The number of carbonyl (C=O) groups excluding carboxylic acids is 1. The number of carbonyl (C=O) groups is 1. The molecule has 0 aromatic heterocycles. The molecule has 1 amide bonds. The second-order valence-corrected chi connectivity index (χ2v) is 7.92. The normalized spacial score (nSPS) is 20.4. The lowest BCUT2D eigenvalue weighted by molar-refractivity contribution is -0.0195. The fourth-order valence-electron chi connectivity index (χ4n) is 4.31. The van der Waals surface area contributed by atoms with Crippen molar-refractivity contribution in [3.8, 4) is 17.2 Å². The monoisotopic (exact) mass is 396 g/mol. The highest BCUT2D eigenvalue weighted by Crippen LogP contribution is 2.44. The van der Waals surface area contributed by atoms with Crippen molar-refractivity contribution in [1.82, 2.24) is 10.2 Å². The number of nitrogens with zero attached hydrogens (tertiary/aromatic N) is 1. The van der Waals surface area contributed by atoms with Crippen LogP contribution in [0.3, 0.4) is 0 Å². The summed E-state index contributed by atoms with van der Waals surface area (Å²) in [6.45, 7) is 1.99. The van der Waals surface area contributed by atoms with Gasteiger partial charge in [-0.25, -0.2) is 0 Å². The van der Waals surface area contributed by atoms with Gasteiger partial charge >= 0.3 is 0 Å². The van der Waals surface area contributed by atoms with Gasteiger partial charge in [-0.3, -0.25) is 4.79 Å². The van der Waals surface area contributed by atoms with Crippen LogP contribution in [0.5, 0.6) is 17.2 Å². The molecule has 0 radical (unpaired) electrons. The number of methoxy groups -OCH3 is 2. The van der Waals surface area contributed by atoms with E-state index in [0.29, 0.717) is 17.1 Å². The molecule has 0 saturated carbocycles. The molecule has 6 nitrogen and oxygen atoms in total. The Labute approximate surface area is 171 Å². The number of rotatable bonds is 4. The Balaban J connectivity index is 1.63. The number of hydrogen-bond donors (Lipinski definition) is 1. The molecule has 1 atom stereocenters. The molecular formula is C23H28N2O4. The van der Waals surface area contributed by atoms with Crippen LogP contribution in [0.15, 0.2) is 42.5 Å². The van der Waals surface area contributed by atoms with Crippen molar-refractivity contribution in [3.05, 3.63) is 53.6 Å². The zero-order chi connectivity index (χ0) is 20.4. The van der Waals surface area contributed by atoms with Crippen LogP contribution in [0.25, 0.3) is 0 Å². The number of piperidine rings is 1. The van der Waals surface area contributed by atoms with E-state index in [1.165, 1.54) is 0 Å². The van der Waals surface area contributed by atoms with Gasteiger partial charge in [-0.15, -0.1) is 0 Å². The molecule has 1 N–H and O–H groups in total. The summed E-state index contributed by atoms with van der Waals surface area (Å²) < 4.78 is 17.2. The Morgan fingerprint density at radius 2 is 1.90 bits per heavy atom. The van der Waals surface area contributed by atoms with Crippen molar-refractivity contribution in [2.45, 2.75) is 30.9 Å². The zero-order valence-corrected chi connectivity index (χ0v) is 17.2. The number of amides is 1. The Morgan fingerprint density at radius 3 is 2.62 bits per heavy atom. The Kier molecular flexibility index (Phi) is 5.37. The Bertz CT molecular complexity index is 890. The van der Waals surface area contributed by atoms with Gasteiger partial charge in [0.05, 0.1) is 25.8 Å². The number of likely N-dealkylation sites (tertiary alicyclic amines) is 1. The molecule has 1 fully saturated rings. The van der Waals surface area contributed by atoms with Gasteiger partial charge in [0.2, 0.25) is 0 Å². The third kappa shape index (κ3) is 3.90. The summed E-state index contributed by atoms with van der Waals surface area (Å²) in [6, 6.07) is 13.1. The van der Waals surface area contributed by atoms with E-state index >= 15 is 0 Å². The minimum absolute atomic E-state index is 0.119. The molecule has 1 spiro atoms.